The molecule has 1 N–H and O–H groups in total. The molecule has 0 radical (unpaired) electrons. The first kappa shape index (κ1) is 21.1. The van der Waals surface area contributed by atoms with E-state index in [9.17, 15) is 0 Å². The Morgan fingerprint density at radius 1 is 0.778 bits per heavy atom. The van der Waals surface area contributed by atoms with Crippen molar-refractivity contribution in [2.75, 3.05) is 6.61 Å². The normalized spacial score (nSPS) is 10.7. The van der Waals surface area contributed by atoms with Gasteiger partial charge in [0.25, 0.3) is 0 Å². The molecule has 27 heavy (non-hydrogen) atoms. The molecule has 0 saturated carbocycles. The summed E-state index contributed by atoms with van der Waals surface area (Å²) >= 11 is 0. The van der Waals surface area contributed by atoms with Crippen LogP contribution in [0.4, 0.5) is 0 Å². The minimum absolute atomic E-state index is 0. The van der Waals surface area contributed by atoms with Crippen molar-refractivity contribution in [1.82, 2.24) is 9.13 Å². The first-order chi connectivity index (χ1) is 12.8. The van der Waals surface area contributed by atoms with Crippen molar-refractivity contribution in [3.63, 3.8) is 0 Å². The summed E-state index contributed by atoms with van der Waals surface area (Å²) in [6.07, 6.45) is 6.21. The summed E-state index contributed by atoms with van der Waals surface area (Å²) in [5, 5.41) is 8.64. The highest BCUT2D eigenvalue weighted by Gasteiger charge is 2.10. The molecule has 146 valence electrons. The number of rotatable bonds is 10. The Labute approximate surface area is 167 Å². The number of aromatic nitrogens is 2. The summed E-state index contributed by atoms with van der Waals surface area (Å²) in [6.45, 7) is 4.39. The highest BCUT2D eigenvalue weighted by atomic mass is 35.5. The Morgan fingerprint density at radius 3 is 2.04 bits per heavy atom. The third-order valence-corrected chi connectivity index (χ3v) is 4.79. The van der Waals surface area contributed by atoms with Gasteiger partial charge in [0.15, 0.2) is 0 Å². The number of nitrogens with zero attached hydrogens (tertiary/aromatic N) is 2. The number of benzene rings is 2. The van der Waals surface area contributed by atoms with Gasteiger partial charge in [-0.15, -0.1) is 12.4 Å². The van der Waals surface area contributed by atoms with Gasteiger partial charge >= 0.3 is 0 Å². The molecule has 1 heterocycles. The maximum atomic E-state index is 8.64. The Bertz CT molecular complexity index is 870. The molecule has 4 nitrogen and oxygen atoms in total. The molecule has 0 amide bonds. The van der Waals surface area contributed by atoms with Gasteiger partial charge in [-0.05, 0) is 30.7 Å². The number of nitrogens with one attached hydrogen (secondary N) is 1. The predicted octanol–water partition coefficient (Wildman–Crippen LogP) is 5.39. The van der Waals surface area contributed by atoms with Gasteiger partial charge in [-0.25, -0.2) is 0 Å². The molecule has 3 aromatic rings. The molecule has 5 heteroatoms. The molecule has 0 unspecified atom stereocenters. The molecule has 0 aliphatic rings. The zero-order valence-electron chi connectivity index (χ0n) is 16.1. The summed E-state index contributed by atoms with van der Waals surface area (Å²) in [7, 11) is 0. The molecule has 3 rings (SSSR count). The van der Waals surface area contributed by atoms with Crippen LogP contribution in [0.2, 0.25) is 0 Å². The van der Waals surface area contributed by atoms with Crippen molar-refractivity contribution in [2.24, 2.45) is 0 Å². The van der Waals surface area contributed by atoms with Crippen molar-refractivity contribution < 1.29 is 4.74 Å². The summed E-state index contributed by atoms with van der Waals surface area (Å²) in [6, 6.07) is 18.2. The van der Waals surface area contributed by atoms with E-state index in [4.69, 9.17) is 10.1 Å². The quantitative estimate of drug-likeness (QED) is 0.465. The van der Waals surface area contributed by atoms with Gasteiger partial charge in [0.05, 0.1) is 17.6 Å². The van der Waals surface area contributed by atoms with E-state index < -0.39 is 0 Å². The van der Waals surface area contributed by atoms with E-state index in [2.05, 4.69) is 34.3 Å². The molecular formula is C22H30ClN3O. The Hall–Kier alpha value is -2.20. The van der Waals surface area contributed by atoms with E-state index >= 15 is 0 Å². The van der Waals surface area contributed by atoms with Crippen LogP contribution in [-0.4, -0.2) is 15.7 Å². The van der Waals surface area contributed by atoms with E-state index in [0.29, 0.717) is 18.8 Å². The maximum absolute atomic E-state index is 8.64. The highest BCUT2D eigenvalue weighted by molar-refractivity contribution is 5.85. The van der Waals surface area contributed by atoms with Crippen molar-refractivity contribution in [3.8, 4) is 5.75 Å². The lowest BCUT2D eigenvalue weighted by molar-refractivity contribution is 0.296. The van der Waals surface area contributed by atoms with Crippen LogP contribution in [0.3, 0.4) is 0 Å². The second kappa shape index (κ2) is 10.8. The number of unbranched alkanes of at least 4 members (excludes halogenated alkanes) is 4. The van der Waals surface area contributed by atoms with Crippen LogP contribution >= 0.6 is 12.4 Å². The molecular weight excluding hydrogens is 358 g/mol. The summed E-state index contributed by atoms with van der Waals surface area (Å²) in [5.41, 5.74) is 2.83. The molecule has 0 aliphatic heterocycles. The smallest absolute Gasteiger partial charge is 0.203 e. The molecule has 0 bridgehead atoms. The number of fused-ring (bicyclic) bond motifs is 1. The Balaban J connectivity index is 0.00000261. The van der Waals surface area contributed by atoms with E-state index in [1.807, 2.05) is 36.4 Å². The van der Waals surface area contributed by atoms with Crippen molar-refractivity contribution in [3.05, 3.63) is 60.2 Å². The third kappa shape index (κ3) is 5.39. The van der Waals surface area contributed by atoms with E-state index in [1.54, 1.807) is 0 Å². The summed E-state index contributed by atoms with van der Waals surface area (Å²) in [5.74, 6) is 0.874. The zero-order chi connectivity index (χ0) is 18.2. The van der Waals surface area contributed by atoms with Gasteiger partial charge in [0, 0.05) is 6.54 Å². The van der Waals surface area contributed by atoms with Crippen LogP contribution in [0, 0.1) is 5.41 Å². The van der Waals surface area contributed by atoms with Gasteiger partial charge in [-0.2, -0.15) is 0 Å². The lowest BCUT2D eigenvalue weighted by Crippen LogP contribution is -2.26. The zero-order valence-corrected chi connectivity index (χ0v) is 16.9. The van der Waals surface area contributed by atoms with Crippen LogP contribution in [0.5, 0.6) is 5.75 Å². The van der Waals surface area contributed by atoms with E-state index in [-0.39, 0.29) is 12.4 Å². The third-order valence-electron chi connectivity index (χ3n) is 4.79. The monoisotopic (exact) mass is 387 g/mol. The van der Waals surface area contributed by atoms with E-state index in [0.717, 1.165) is 29.7 Å². The van der Waals surface area contributed by atoms with Gasteiger partial charge in [0.2, 0.25) is 5.62 Å². The van der Waals surface area contributed by atoms with Crippen LogP contribution < -0.4 is 10.4 Å². The van der Waals surface area contributed by atoms with Crippen molar-refractivity contribution >= 4 is 23.4 Å². The van der Waals surface area contributed by atoms with Gasteiger partial charge in [-0.1, -0.05) is 62.9 Å². The fourth-order valence-corrected chi connectivity index (χ4v) is 3.39. The Kier molecular flexibility index (Phi) is 8.46. The average Bonchev–Trinajstić information content (AvgIpc) is 2.94. The number of halogens is 1. The first-order valence-corrected chi connectivity index (χ1v) is 9.71. The minimum Gasteiger partial charge on any atom is -0.492 e. The average molecular weight is 388 g/mol. The largest absolute Gasteiger partial charge is 0.492 e. The molecule has 0 spiro atoms. The summed E-state index contributed by atoms with van der Waals surface area (Å²) in [4.78, 5) is 0. The topological polar surface area (TPSA) is 42.9 Å². The van der Waals surface area contributed by atoms with Crippen LogP contribution in [0.1, 0.15) is 39.0 Å². The van der Waals surface area contributed by atoms with Gasteiger partial charge in [0.1, 0.15) is 12.4 Å². The van der Waals surface area contributed by atoms with Crippen LogP contribution in [0.15, 0.2) is 54.6 Å². The lowest BCUT2D eigenvalue weighted by atomic mass is 10.1. The number of hydrogen-bond acceptors (Lipinski definition) is 2. The second-order valence-electron chi connectivity index (χ2n) is 6.69. The highest BCUT2D eigenvalue weighted by Crippen LogP contribution is 2.15. The second-order valence-corrected chi connectivity index (χ2v) is 6.69. The lowest BCUT2D eigenvalue weighted by Gasteiger charge is -2.08. The summed E-state index contributed by atoms with van der Waals surface area (Å²) < 4.78 is 10.0. The van der Waals surface area contributed by atoms with E-state index in [1.165, 1.54) is 25.7 Å². The van der Waals surface area contributed by atoms with Gasteiger partial charge < -0.3 is 13.9 Å². The fourth-order valence-electron chi connectivity index (χ4n) is 3.39. The number of para-hydroxylation sites is 3. The number of aryl methyl sites for hydroxylation is 1. The molecule has 0 aliphatic carbocycles. The maximum Gasteiger partial charge on any atom is 0.203 e. The predicted molar refractivity (Wildman–Crippen MR) is 114 cm³/mol. The Morgan fingerprint density at radius 2 is 1.37 bits per heavy atom. The van der Waals surface area contributed by atoms with Crippen molar-refractivity contribution in [2.45, 2.75) is 52.1 Å². The molecule has 2 aromatic carbocycles. The molecule has 1 aromatic heterocycles. The standard InChI is InChI=1S/C22H29N3O.ClH/c1-2-3-4-5-11-16-24-20-14-9-10-15-21(20)25(22(24)23)17-18-26-19-12-7-6-8-13-19;/h6-10,12-15,23H,2-5,11,16-18H2,1H3;1H. The van der Waals surface area contributed by atoms with Crippen LogP contribution in [0.25, 0.3) is 11.0 Å². The molecule has 0 saturated heterocycles. The minimum atomic E-state index is 0. The number of ether oxygens (including phenoxy) is 1. The van der Waals surface area contributed by atoms with Crippen LogP contribution in [-0.2, 0) is 13.1 Å². The molecule has 0 atom stereocenters. The molecule has 0 fully saturated rings. The fraction of sp³-hybridized carbons (Fsp3) is 0.409. The SMILES string of the molecule is CCCCCCCn1c(=N)n(CCOc2ccccc2)c2ccccc21.Cl. The number of imidazole rings is 1. The van der Waals surface area contributed by atoms with Gasteiger partial charge in [-0.3, -0.25) is 5.41 Å². The first-order valence-electron chi connectivity index (χ1n) is 9.71. The number of hydrogen-bond donors (Lipinski definition) is 1. The van der Waals surface area contributed by atoms with Crippen molar-refractivity contribution in [1.29, 1.82) is 5.41 Å².